The Morgan fingerprint density at radius 1 is 1.38 bits per heavy atom. The highest BCUT2D eigenvalue weighted by Crippen LogP contribution is 2.07. The summed E-state index contributed by atoms with van der Waals surface area (Å²) in [5, 5.41) is 19.8. The first kappa shape index (κ1) is 14.7. The van der Waals surface area contributed by atoms with Crippen LogP contribution in [-0.2, 0) is 9.53 Å². The number of hydrogen-bond donors (Lipinski definition) is 3. The van der Waals surface area contributed by atoms with Gasteiger partial charge in [-0.15, -0.1) is 0 Å². The van der Waals surface area contributed by atoms with Gasteiger partial charge in [0.05, 0.1) is 6.42 Å². The number of rotatable bonds is 5. The van der Waals surface area contributed by atoms with Crippen molar-refractivity contribution in [3.8, 4) is 0 Å². The van der Waals surface area contributed by atoms with Crippen molar-refractivity contribution in [2.24, 2.45) is 5.92 Å². The minimum Gasteiger partial charge on any atom is -0.481 e. The van der Waals surface area contributed by atoms with Crippen molar-refractivity contribution in [3.63, 3.8) is 0 Å². The van der Waals surface area contributed by atoms with Gasteiger partial charge < -0.3 is 20.3 Å². The summed E-state index contributed by atoms with van der Waals surface area (Å²) in [6.45, 7) is 4.98. The Hall–Kier alpha value is -1.30. The molecule has 0 aliphatic heterocycles. The number of ether oxygens (including phenoxy) is 1. The zero-order chi connectivity index (χ0) is 12.8. The molecule has 0 spiro atoms. The van der Waals surface area contributed by atoms with Crippen molar-refractivity contribution >= 4 is 12.1 Å². The third-order valence-electron chi connectivity index (χ3n) is 1.66. The van der Waals surface area contributed by atoms with E-state index in [0.29, 0.717) is 0 Å². The van der Waals surface area contributed by atoms with Crippen molar-refractivity contribution in [1.29, 1.82) is 0 Å². The summed E-state index contributed by atoms with van der Waals surface area (Å²) in [5.74, 6) is -1.50. The molecule has 1 unspecified atom stereocenters. The number of hydrogen-bond acceptors (Lipinski definition) is 4. The van der Waals surface area contributed by atoms with Crippen LogP contribution in [0.5, 0.6) is 0 Å². The van der Waals surface area contributed by atoms with Crippen LogP contribution in [0.3, 0.4) is 0 Å². The highest BCUT2D eigenvalue weighted by Gasteiger charge is 2.18. The Bertz CT molecular complexity index is 246. The van der Waals surface area contributed by atoms with Crippen molar-refractivity contribution in [3.05, 3.63) is 0 Å². The summed E-state index contributed by atoms with van der Waals surface area (Å²) < 4.78 is 4.96. The molecule has 16 heavy (non-hydrogen) atoms. The van der Waals surface area contributed by atoms with Gasteiger partial charge in [-0.25, -0.2) is 4.79 Å². The second-order valence-electron chi connectivity index (χ2n) is 4.53. The summed E-state index contributed by atoms with van der Waals surface area (Å²) in [5.41, 5.74) is -0.592. The Kier molecular flexibility index (Phi) is 5.81. The zero-order valence-electron chi connectivity index (χ0n) is 9.82. The zero-order valence-corrected chi connectivity index (χ0v) is 9.82. The van der Waals surface area contributed by atoms with E-state index >= 15 is 0 Å². The van der Waals surface area contributed by atoms with E-state index in [4.69, 9.17) is 14.9 Å². The lowest BCUT2D eigenvalue weighted by Crippen LogP contribution is -2.36. The van der Waals surface area contributed by atoms with Crippen LogP contribution in [0.25, 0.3) is 0 Å². The smallest absolute Gasteiger partial charge is 0.407 e. The molecule has 0 fully saturated rings. The number of carboxylic acid groups (broad SMARTS) is 1. The van der Waals surface area contributed by atoms with Crippen LogP contribution in [-0.4, -0.2) is 41.0 Å². The molecule has 0 aliphatic carbocycles. The molecule has 0 aromatic carbocycles. The Balaban J connectivity index is 3.93. The predicted octanol–water partition coefficient (Wildman–Crippen LogP) is 0.594. The lowest BCUT2D eigenvalue weighted by Gasteiger charge is -2.20. The molecule has 6 heteroatoms. The van der Waals surface area contributed by atoms with E-state index in [1.807, 2.05) is 0 Å². The standard InChI is InChI=1S/C10H19NO5/c1-10(2,3)16-9(15)11-5-7(6-12)4-8(13)14/h7,12H,4-6H2,1-3H3,(H,11,15)(H,13,14). The summed E-state index contributed by atoms with van der Waals surface area (Å²) >= 11 is 0. The molecule has 0 saturated carbocycles. The first-order valence-electron chi connectivity index (χ1n) is 5.04. The molecule has 0 aromatic heterocycles. The fraction of sp³-hybridized carbons (Fsp3) is 0.800. The van der Waals surface area contributed by atoms with Crippen LogP contribution in [0.4, 0.5) is 4.79 Å². The average molecular weight is 233 g/mol. The summed E-state index contributed by atoms with van der Waals surface area (Å²) in [7, 11) is 0. The van der Waals surface area contributed by atoms with Crippen molar-refractivity contribution < 1.29 is 24.5 Å². The monoisotopic (exact) mass is 233 g/mol. The lowest BCUT2D eigenvalue weighted by atomic mass is 10.1. The van der Waals surface area contributed by atoms with Gasteiger partial charge in [-0.3, -0.25) is 4.79 Å². The number of carbonyl (C=O) groups is 2. The van der Waals surface area contributed by atoms with Gasteiger partial charge in [0.15, 0.2) is 0 Å². The second kappa shape index (κ2) is 6.32. The van der Waals surface area contributed by atoms with E-state index in [9.17, 15) is 9.59 Å². The maximum Gasteiger partial charge on any atom is 0.407 e. The quantitative estimate of drug-likeness (QED) is 0.646. The van der Waals surface area contributed by atoms with Gasteiger partial charge in [0.2, 0.25) is 0 Å². The van der Waals surface area contributed by atoms with Crippen LogP contribution in [0.2, 0.25) is 0 Å². The Morgan fingerprint density at radius 2 is 1.94 bits per heavy atom. The van der Waals surface area contributed by atoms with Crippen LogP contribution >= 0.6 is 0 Å². The van der Waals surface area contributed by atoms with E-state index in [1.54, 1.807) is 20.8 Å². The number of carbonyl (C=O) groups excluding carboxylic acids is 1. The molecular formula is C10H19NO5. The molecule has 0 rings (SSSR count). The molecule has 1 amide bonds. The predicted molar refractivity (Wildman–Crippen MR) is 57.1 cm³/mol. The molecule has 0 aromatic rings. The molecule has 0 aliphatic rings. The minimum absolute atomic E-state index is 0.0811. The third kappa shape index (κ3) is 8.05. The van der Waals surface area contributed by atoms with E-state index < -0.39 is 23.6 Å². The first-order chi connectivity index (χ1) is 7.24. The van der Waals surface area contributed by atoms with Crippen LogP contribution in [0, 0.1) is 5.92 Å². The van der Waals surface area contributed by atoms with Crippen LogP contribution in [0.1, 0.15) is 27.2 Å². The summed E-state index contributed by atoms with van der Waals surface area (Å²) in [4.78, 5) is 21.6. The third-order valence-corrected chi connectivity index (χ3v) is 1.66. The van der Waals surface area contributed by atoms with Gasteiger partial charge in [-0.2, -0.15) is 0 Å². The Morgan fingerprint density at radius 3 is 2.31 bits per heavy atom. The SMILES string of the molecule is CC(C)(C)OC(=O)NCC(CO)CC(=O)O. The largest absolute Gasteiger partial charge is 0.481 e. The van der Waals surface area contributed by atoms with Gasteiger partial charge in [-0.05, 0) is 20.8 Å². The number of aliphatic hydroxyl groups excluding tert-OH is 1. The number of nitrogens with one attached hydrogen (secondary N) is 1. The molecule has 94 valence electrons. The Labute approximate surface area is 94.6 Å². The molecule has 1 atom stereocenters. The fourth-order valence-electron chi connectivity index (χ4n) is 0.990. The second-order valence-corrected chi connectivity index (χ2v) is 4.53. The molecule has 0 bridgehead atoms. The van der Waals surface area contributed by atoms with Crippen LogP contribution < -0.4 is 5.32 Å². The van der Waals surface area contributed by atoms with Gasteiger partial charge in [0.25, 0.3) is 0 Å². The fourth-order valence-corrected chi connectivity index (χ4v) is 0.990. The van der Waals surface area contributed by atoms with E-state index in [1.165, 1.54) is 0 Å². The highest BCUT2D eigenvalue weighted by atomic mass is 16.6. The maximum atomic E-state index is 11.2. The lowest BCUT2D eigenvalue weighted by molar-refractivity contribution is -0.138. The average Bonchev–Trinajstić information content (AvgIpc) is 2.08. The number of alkyl carbamates (subject to hydrolysis) is 1. The van der Waals surface area contributed by atoms with E-state index in [-0.39, 0.29) is 19.6 Å². The molecule has 0 radical (unpaired) electrons. The normalized spacial score (nSPS) is 13.0. The first-order valence-corrected chi connectivity index (χ1v) is 5.04. The van der Waals surface area contributed by atoms with Crippen molar-refractivity contribution in [2.45, 2.75) is 32.8 Å². The number of aliphatic hydroxyl groups is 1. The van der Waals surface area contributed by atoms with E-state index in [0.717, 1.165) is 0 Å². The van der Waals surface area contributed by atoms with Crippen LogP contribution in [0.15, 0.2) is 0 Å². The highest BCUT2D eigenvalue weighted by molar-refractivity contribution is 5.68. The summed E-state index contributed by atoms with van der Waals surface area (Å²) in [6.07, 6.45) is -0.803. The number of carboxylic acids is 1. The van der Waals surface area contributed by atoms with Crippen molar-refractivity contribution in [1.82, 2.24) is 5.32 Å². The maximum absolute atomic E-state index is 11.2. The van der Waals surface area contributed by atoms with Gasteiger partial charge in [0, 0.05) is 19.1 Å². The molecule has 0 saturated heterocycles. The minimum atomic E-state index is -1.01. The van der Waals surface area contributed by atoms with Gasteiger partial charge >= 0.3 is 12.1 Å². The molecule has 0 heterocycles. The van der Waals surface area contributed by atoms with Gasteiger partial charge in [-0.1, -0.05) is 0 Å². The topological polar surface area (TPSA) is 95.9 Å². The van der Waals surface area contributed by atoms with Gasteiger partial charge in [0.1, 0.15) is 5.60 Å². The molecule has 3 N–H and O–H groups in total. The number of amides is 1. The van der Waals surface area contributed by atoms with Crippen molar-refractivity contribution in [2.75, 3.05) is 13.2 Å². The molecular weight excluding hydrogens is 214 g/mol. The number of aliphatic carboxylic acids is 1. The van der Waals surface area contributed by atoms with E-state index in [2.05, 4.69) is 5.32 Å². The summed E-state index contributed by atoms with van der Waals surface area (Å²) in [6, 6.07) is 0. The molecule has 6 nitrogen and oxygen atoms in total.